The third-order valence-corrected chi connectivity index (χ3v) is 7.54. The summed E-state index contributed by atoms with van der Waals surface area (Å²) in [7, 11) is -1.05. The molecule has 33 heavy (non-hydrogen) atoms. The smallest absolute Gasteiger partial charge is 0.240 e. The van der Waals surface area contributed by atoms with Crippen molar-refractivity contribution >= 4 is 27.6 Å². The van der Waals surface area contributed by atoms with Gasteiger partial charge in [0.2, 0.25) is 16.0 Å². The molecule has 13 heteroatoms. The van der Waals surface area contributed by atoms with E-state index in [2.05, 4.69) is 29.9 Å². The number of anilines is 1. The summed E-state index contributed by atoms with van der Waals surface area (Å²) in [6.45, 7) is 1.69. The number of halogens is 1. The Morgan fingerprint density at radius 1 is 1.21 bits per heavy atom. The first kappa shape index (κ1) is 23.5. The van der Waals surface area contributed by atoms with Crippen LogP contribution in [-0.2, 0) is 31.6 Å². The van der Waals surface area contributed by atoms with Crippen molar-refractivity contribution in [3.63, 3.8) is 0 Å². The zero-order valence-electron chi connectivity index (χ0n) is 18.3. The number of hydrogen-bond donors (Lipinski definition) is 1. The highest BCUT2D eigenvalue weighted by Gasteiger charge is 2.50. The maximum atomic E-state index is 13.3. The molecule has 1 aliphatic carbocycles. The molecule has 3 aromatic heterocycles. The van der Waals surface area contributed by atoms with Gasteiger partial charge in [-0.3, -0.25) is 14.3 Å². The molecule has 1 saturated carbocycles. The summed E-state index contributed by atoms with van der Waals surface area (Å²) in [5, 5.41) is 7.61. The standard InChI is InChI=1S/C20H24ClN7O4S/c1-13(17(32-3)18-23-10-15(21)11-24-18)33(29,30)27-19-26-25-16(12-31-2)28(19)20(6-7-20)14-5-4-8-22-9-14/h4-5,8-11,13,17H,6-7,12H2,1-3H3,(H,26,27)/t13-,17-/m0/s1. The first-order valence-corrected chi connectivity index (χ1v) is 12.1. The van der Waals surface area contributed by atoms with Crippen LogP contribution in [0.15, 0.2) is 36.9 Å². The molecule has 0 spiro atoms. The first-order chi connectivity index (χ1) is 15.8. The lowest BCUT2D eigenvalue weighted by Crippen LogP contribution is -2.34. The van der Waals surface area contributed by atoms with Crippen molar-refractivity contribution in [1.29, 1.82) is 0 Å². The fourth-order valence-corrected chi connectivity index (χ4v) is 5.04. The SMILES string of the molecule is COCc1nnc(NS(=O)(=O)[C@@H](C)[C@H](OC)c2ncc(Cl)cn2)n1C1(c2cccnc2)CC1. The summed E-state index contributed by atoms with van der Waals surface area (Å²) >= 11 is 5.85. The summed E-state index contributed by atoms with van der Waals surface area (Å²) in [6.07, 6.45) is 6.89. The van der Waals surface area contributed by atoms with Crippen LogP contribution in [0.5, 0.6) is 0 Å². The van der Waals surface area contributed by atoms with Gasteiger partial charge in [0.15, 0.2) is 11.6 Å². The number of sulfonamides is 1. The molecule has 1 aliphatic rings. The number of rotatable bonds is 10. The van der Waals surface area contributed by atoms with Gasteiger partial charge in [0.25, 0.3) is 0 Å². The predicted molar refractivity (Wildman–Crippen MR) is 120 cm³/mol. The lowest BCUT2D eigenvalue weighted by atomic mass is 10.1. The molecule has 176 valence electrons. The second-order valence-electron chi connectivity index (χ2n) is 7.75. The molecule has 0 radical (unpaired) electrons. The average molecular weight is 494 g/mol. The Labute approximate surface area is 196 Å². The molecule has 1 fully saturated rings. The number of ether oxygens (including phenoxy) is 2. The molecule has 0 aromatic carbocycles. The first-order valence-electron chi connectivity index (χ1n) is 10.2. The predicted octanol–water partition coefficient (Wildman–Crippen LogP) is 2.32. The third-order valence-electron chi connectivity index (χ3n) is 5.65. The van der Waals surface area contributed by atoms with Gasteiger partial charge < -0.3 is 9.47 Å². The molecule has 11 nitrogen and oxygen atoms in total. The van der Waals surface area contributed by atoms with Crippen molar-refractivity contribution in [3.05, 3.63) is 59.2 Å². The van der Waals surface area contributed by atoms with Gasteiger partial charge in [0.05, 0.1) is 10.6 Å². The molecule has 3 heterocycles. The van der Waals surface area contributed by atoms with Crippen LogP contribution in [0.25, 0.3) is 0 Å². The fourth-order valence-electron chi connectivity index (χ4n) is 3.81. The van der Waals surface area contributed by atoms with Crippen molar-refractivity contribution in [3.8, 4) is 0 Å². The van der Waals surface area contributed by atoms with E-state index in [9.17, 15) is 8.42 Å². The summed E-state index contributed by atoms with van der Waals surface area (Å²) in [4.78, 5) is 12.4. The normalized spacial score (nSPS) is 16.8. The highest BCUT2D eigenvalue weighted by atomic mass is 35.5. The highest BCUT2D eigenvalue weighted by molar-refractivity contribution is 7.93. The Balaban J connectivity index is 1.68. The molecule has 0 bridgehead atoms. The summed E-state index contributed by atoms with van der Waals surface area (Å²) < 4.78 is 41.8. The zero-order chi connectivity index (χ0) is 23.6. The Hall–Kier alpha value is -2.67. The second kappa shape index (κ2) is 9.29. The van der Waals surface area contributed by atoms with Crippen molar-refractivity contribution in [2.75, 3.05) is 18.9 Å². The van der Waals surface area contributed by atoms with Crippen LogP contribution in [0.3, 0.4) is 0 Å². The molecule has 0 aliphatic heterocycles. The van der Waals surface area contributed by atoms with Crippen LogP contribution in [0, 0.1) is 0 Å². The quantitative estimate of drug-likeness (QED) is 0.451. The summed E-state index contributed by atoms with van der Waals surface area (Å²) in [6, 6.07) is 3.80. The van der Waals surface area contributed by atoms with Gasteiger partial charge in [-0.15, -0.1) is 10.2 Å². The van der Waals surface area contributed by atoms with Crippen LogP contribution in [-0.4, -0.2) is 57.6 Å². The molecule has 3 aromatic rings. The number of aromatic nitrogens is 6. The van der Waals surface area contributed by atoms with Gasteiger partial charge in [-0.2, -0.15) is 0 Å². The number of methoxy groups -OCH3 is 2. The van der Waals surface area contributed by atoms with Crippen molar-refractivity contribution in [2.24, 2.45) is 0 Å². The van der Waals surface area contributed by atoms with Crippen LogP contribution in [0.2, 0.25) is 5.02 Å². The Morgan fingerprint density at radius 2 is 1.94 bits per heavy atom. The van der Waals surface area contributed by atoms with Gasteiger partial charge in [0.1, 0.15) is 18.0 Å². The molecule has 0 amide bonds. The van der Waals surface area contributed by atoms with Crippen molar-refractivity contribution in [2.45, 2.75) is 43.3 Å². The van der Waals surface area contributed by atoms with E-state index in [1.807, 2.05) is 12.1 Å². The van der Waals surface area contributed by atoms with E-state index in [1.165, 1.54) is 26.4 Å². The minimum absolute atomic E-state index is 0.0992. The average Bonchev–Trinajstić information content (AvgIpc) is 3.52. The van der Waals surface area contributed by atoms with Gasteiger partial charge in [-0.1, -0.05) is 17.7 Å². The molecular weight excluding hydrogens is 470 g/mol. The maximum absolute atomic E-state index is 13.3. The number of pyridine rings is 1. The molecule has 2 atom stereocenters. The van der Waals surface area contributed by atoms with E-state index in [-0.39, 0.29) is 18.4 Å². The topological polar surface area (TPSA) is 134 Å². The third kappa shape index (κ3) is 4.56. The highest BCUT2D eigenvalue weighted by Crippen LogP contribution is 2.51. The zero-order valence-corrected chi connectivity index (χ0v) is 19.9. The van der Waals surface area contributed by atoms with E-state index >= 15 is 0 Å². The largest absolute Gasteiger partial charge is 0.377 e. The van der Waals surface area contributed by atoms with E-state index in [0.717, 1.165) is 18.4 Å². The monoisotopic (exact) mass is 493 g/mol. The Bertz CT molecular complexity index is 1200. The van der Waals surface area contributed by atoms with Gasteiger partial charge >= 0.3 is 0 Å². The second-order valence-corrected chi connectivity index (χ2v) is 10.2. The number of nitrogens with one attached hydrogen (secondary N) is 1. The fraction of sp³-hybridized carbons (Fsp3) is 0.450. The molecule has 1 N–H and O–H groups in total. The van der Waals surface area contributed by atoms with Crippen LogP contribution < -0.4 is 4.72 Å². The molecule has 0 saturated heterocycles. The molecular formula is C20H24ClN7O4S. The van der Waals surface area contributed by atoms with E-state index in [0.29, 0.717) is 10.8 Å². The minimum atomic E-state index is -3.99. The minimum Gasteiger partial charge on any atom is -0.377 e. The van der Waals surface area contributed by atoms with Crippen LogP contribution in [0.4, 0.5) is 5.95 Å². The lowest BCUT2D eigenvalue weighted by molar-refractivity contribution is 0.0950. The van der Waals surface area contributed by atoms with Crippen molar-refractivity contribution in [1.82, 2.24) is 29.7 Å². The van der Waals surface area contributed by atoms with Gasteiger partial charge in [0, 0.05) is 39.0 Å². The van der Waals surface area contributed by atoms with Crippen LogP contribution in [0.1, 0.15) is 43.1 Å². The van der Waals surface area contributed by atoms with Gasteiger partial charge in [-0.05, 0) is 31.4 Å². The van der Waals surface area contributed by atoms with E-state index < -0.39 is 26.9 Å². The van der Waals surface area contributed by atoms with Crippen LogP contribution >= 0.6 is 11.6 Å². The van der Waals surface area contributed by atoms with Crippen molar-refractivity contribution < 1.29 is 17.9 Å². The maximum Gasteiger partial charge on any atom is 0.240 e. The molecule has 4 rings (SSSR count). The lowest BCUT2D eigenvalue weighted by Gasteiger charge is -2.24. The summed E-state index contributed by atoms with van der Waals surface area (Å²) in [5.41, 5.74) is 0.451. The van der Waals surface area contributed by atoms with E-state index in [1.54, 1.807) is 24.1 Å². The van der Waals surface area contributed by atoms with Gasteiger partial charge in [-0.25, -0.2) is 18.4 Å². The number of nitrogens with zero attached hydrogens (tertiary/aromatic N) is 6. The van der Waals surface area contributed by atoms with E-state index in [4.69, 9.17) is 21.1 Å². The Morgan fingerprint density at radius 3 is 2.52 bits per heavy atom. The molecule has 0 unspecified atom stereocenters. The number of hydrogen-bond acceptors (Lipinski definition) is 9. The summed E-state index contributed by atoms with van der Waals surface area (Å²) in [5.74, 6) is 0.811. The Kier molecular flexibility index (Phi) is 6.61.